The van der Waals surface area contributed by atoms with Crippen LogP contribution in [0.25, 0.3) is 0 Å². The number of anilines is 1. The average molecular weight is 225 g/mol. The van der Waals surface area contributed by atoms with Gasteiger partial charge in [-0.25, -0.2) is 4.39 Å². The molecule has 1 aromatic carbocycles. The Bertz CT molecular complexity index is 346. The van der Waals surface area contributed by atoms with Crippen LogP contribution in [0.3, 0.4) is 0 Å². The van der Waals surface area contributed by atoms with Gasteiger partial charge in [-0.2, -0.15) is 0 Å². The maximum absolute atomic E-state index is 13.5. The zero-order chi connectivity index (χ0) is 11.4. The van der Waals surface area contributed by atoms with Gasteiger partial charge in [0.25, 0.3) is 0 Å². The van der Waals surface area contributed by atoms with Crippen molar-refractivity contribution in [2.24, 2.45) is 0 Å². The second kappa shape index (κ2) is 5.16. The number of hydrogen-bond donors (Lipinski definition) is 1. The van der Waals surface area contributed by atoms with E-state index in [9.17, 15) is 4.39 Å². The first kappa shape index (κ1) is 11.2. The molecule has 0 bridgehead atoms. The summed E-state index contributed by atoms with van der Waals surface area (Å²) in [6.07, 6.45) is -0.252. The fourth-order valence-corrected chi connectivity index (χ4v) is 1.79. The summed E-state index contributed by atoms with van der Waals surface area (Å²) in [7, 11) is 1.62. The molecule has 1 fully saturated rings. The van der Waals surface area contributed by atoms with Crippen molar-refractivity contribution in [2.75, 3.05) is 25.6 Å². The van der Waals surface area contributed by atoms with Crippen LogP contribution in [0.4, 0.5) is 10.1 Å². The Kier molecular flexibility index (Phi) is 3.62. The van der Waals surface area contributed by atoms with E-state index in [2.05, 4.69) is 5.32 Å². The first-order valence-electron chi connectivity index (χ1n) is 5.42. The molecule has 2 rings (SSSR count). The molecule has 1 saturated heterocycles. The zero-order valence-corrected chi connectivity index (χ0v) is 9.28. The molecule has 0 radical (unpaired) electrons. The highest BCUT2D eigenvalue weighted by Gasteiger charge is 2.25. The highest BCUT2D eigenvalue weighted by Crippen LogP contribution is 2.21. The molecule has 0 aromatic heterocycles. The highest BCUT2D eigenvalue weighted by atomic mass is 19.1. The van der Waals surface area contributed by atoms with E-state index in [0.29, 0.717) is 13.0 Å². The minimum absolute atomic E-state index is 0.166. The minimum Gasteiger partial charge on any atom is -0.497 e. The summed E-state index contributed by atoms with van der Waals surface area (Å²) in [6.45, 7) is 0.795. The molecule has 88 valence electrons. The maximum atomic E-state index is 13.5. The van der Waals surface area contributed by atoms with E-state index in [1.54, 1.807) is 7.11 Å². The van der Waals surface area contributed by atoms with Crippen molar-refractivity contribution >= 4 is 5.69 Å². The third kappa shape index (κ3) is 2.64. The number of benzene rings is 1. The fraction of sp³-hybridized carbons (Fsp3) is 0.500. The molecule has 4 heteroatoms. The summed E-state index contributed by atoms with van der Waals surface area (Å²) >= 11 is 0. The van der Waals surface area contributed by atoms with Crippen LogP contribution in [0.1, 0.15) is 6.42 Å². The Hall–Kier alpha value is -1.29. The number of nitrogens with one attached hydrogen (secondary N) is 1. The predicted octanol–water partition coefficient (Wildman–Crippen LogP) is 2.23. The zero-order valence-electron chi connectivity index (χ0n) is 9.28. The summed E-state index contributed by atoms with van der Waals surface area (Å²) in [6, 6.07) is 7.35. The molecule has 1 aliphatic heterocycles. The van der Waals surface area contributed by atoms with Gasteiger partial charge in [0.05, 0.1) is 19.8 Å². The van der Waals surface area contributed by atoms with Gasteiger partial charge in [-0.15, -0.1) is 0 Å². The molecule has 0 saturated carbocycles. The van der Waals surface area contributed by atoms with Gasteiger partial charge in [0.2, 0.25) is 0 Å². The van der Waals surface area contributed by atoms with Crippen LogP contribution < -0.4 is 10.1 Å². The van der Waals surface area contributed by atoms with E-state index >= 15 is 0 Å². The Morgan fingerprint density at radius 1 is 1.50 bits per heavy atom. The van der Waals surface area contributed by atoms with E-state index in [0.717, 1.165) is 11.4 Å². The molecule has 0 spiro atoms. The van der Waals surface area contributed by atoms with Crippen LogP contribution in [0.2, 0.25) is 0 Å². The Balaban J connectivity index is 2.01. The SMILES string of the molecule is COc1cccc(NC2CCOCC2F)c1. The molecule has 3 nitrogen and oxygen atoms in total. The third-order valence-corrected chi connectivity index (χ3v) is 2.71. The molecule has 16 heavy (non-hydrogen) atoms. The summed E-state index contributed by atoms with van der Waals surface area (Å²) in [5, 5.41) is 3.17. The highest BCUT2D eigenvalue weighted by molar-refractivity contribution is 5.49. The van der Waals surface area contributed by atoms with Gasteiger partial charge in [-0.3, -0.25) is 0 Å². The fourth-order valence-electron chi connectivity index (χ4n) is 1.79. The van der Waals surface area contributed by atoms with E-state index < -0.39 is 6.17 Å². The Morgan fingerprint density at radius 2 is 2.38 bits per heavy atom. The van der Waals surface area contributed by atoms with Crippen molar-refractivity contribution in [3.05, 3.63) is 24.3 Å². The second-order valence-corrected chi connectivity index (χ2v) is 3.86. The van der Waals surface area contributed by atoms with Crippen molar-refractivity contribution in [1.82, 2.24) is 0 Å². The lowest BCUT2D eigenvalue weighted by molar-refractivity contribution is 0.0286. The van der Waals surface area contributed by atoms with Crippen molar-refractivity contribution in [3.63, 3.8) is 0 Å². The summed E-state index contributed by atoms with van der Waals surface area (Å²) in [5.74, 6) is 0.771. The molecule has 2 unspecified atom stereocenters. The van der Waals surface area contributed by atoms with Gasteiger partial charge in [0, 0.05) is 18.4 Å². The number of methoxy groups -OCH3 is 1. The lowest BCUT2D eigenvalue weighted by Crippen LogP contribution is -2.39. The average Bonchev–Trinajstić information content (AvgIpc) is 2.32. The summed E-state index contributed by atoms with van der Waals surface area (Å²) in [5.41, 5.74) is 0.883. The first-order valence-corrected chi connectivity index (χ1v) is 5.42. The van der Waals surface area contributed by atoms with Crippen molar-refractivity contribution in [3.8, 4) is 5.75 Å². The monoisotopic (exact) mass is 225 g/mol. The Labute approximate surface area is 94.6 Å². The van der Waals surface area contributed by atoms with Crippen LogP contribution in [0, 0.1) is 0 Å². The van der Waals surface area contributed by atoms with Gasteiger partial charge in [-0.05, 0) is 18.6 Å². The first-order chi connectivity index (χ1) is 7.79. The summed E-state index contributed by atoms with van der Waals surface area (Å²) < 4.78 is 23.7. The standard InChI is InChI=1S/C12H16FNO2/c1-15-10-4-2-3-9(7-10)14-12-5-6-16-8-11(12)13/h2-4,7,11-12,14H,5-6,8H2,1H3. The smallest absolute Gasteiger partial charge is 0.143 e. The number of alkyl halides is 1. The van der Waals surface area contributed by atoms with Gasteiger partial charge in [0.1, 0.15) is 11.9 Å². The number of rotatable bonds is 3. The molecule has 0 aliphatic carbocycles. The maximum Gasteiger partial charge on any atom is 0.143 e. The molecular weight excluding hydrogens is 209 g/mol. The van der Waals surface area contributed by atoms with Gasteiger partial charge >= 0.3 is 0 Å². The molecular formula is C12H16FNO2. The second-order valence-electron chi connectivity index (χ2n) is 3.86. The number of ether oxygens (including phenoxy) is 2. The van der Waals surface area contributed by atoms with Crippen LogP contribution in [0.5, 0.6) is 5.75 Å². The molecule has 2 atom stereocenters. The number of halogens is 1. The van der Waals surface area contributed by atoms with Crippen LogP contribution in [0.15, 0.2) is 24.3 Å². The Morgan fingerprint density at radius 3 is 3.12 bits per heavy atom. The molecule has 1 aliphatic rings. The van der Waals surface area contributed by atoms with E-state index in [1.807, 2.05) is 24.3 Å². The normalized spacial score (nSPS) is 25.1. The molecule has 1 N–H and O–H groups in total. The lowest BCUT2D eigenvalue weighted by atomic mass is 10.1. The topological polar surface area (TPSA) is 30.5 Å². The van der Waals surface area contributed by atoms with E-state index in [-0.39, 0.29) is 12.6 Å². The van der Waals surface area contributed by atoms with Crippen LogP contribution in [-0.4, -0.2) is 32.5 Å². The van der Waals surface area contributed by atoms with Gasteiger partial charge in [0.15, 0.2) is 0 Å². The molecule has 1 aromatic rings. The van der Waals surface area contributed by atoms with Crippen LogP contribution in [-0.2, 0) is 4.74 Å². The minimum atomic E-state index is -0.944. The molecule has 0 amide bonds. The van der Waals surface area contributed by atoms with Crippen LogP contribution >= 0.6 is 0 Å². The van der Waals surface area contributed by atoms with Crippen molar-refractivity contribution in [1.29, 1.82) is 0 Å². The van der Waals surface area contributed by atoms with Crippen molar-refractivity contribution < 1.29 is 13.9 Å². The lowest BCUT2D eigenvalue weighted by Gasteiger charge is -2.27. The van der Waals surface area contributed by atoms with Gasteiger partial charge in [-0.1, -0.05) is 6.07 Å². The van der Waals surface area contributed by atoms with Gasteiger partial charge < -0.3 is 14.8 Å². The van der Waals surface area contributed by atoms with E-state index in [4.69, 9.17) is 9.47 Å². The number of hydrogen-bond acceptors (Lipinski definition) is 3. The quantitative estimate of drug-likeness (QED) is 0.855. The van der Waals surface area contributed by atoms with E-state index in [1.165, 1.54) is 0 Å². The van der Waals surface area contributed by atoms with Crippen molar-refractivity contribution in [2.45, 2.75) is 18.6 Å². The third-order valence-electron chi connectivity index (χ3n) is 2.71. The molecule has 1 heterocycles. The largest absolute Gasteiger partial charge is 0.497 e. The predicted molar refractivity (Wildman–Crippen MR) is 60.7 cm³/mol. The summed E-state index contributed by atoms with van der Waals surface area (Å²) in [4.78, 5) is 0.